The number of amides is 2. The predicted octanol–water partition coefficient (Wildman–Crippen LogP) is 4.05. The Hall–Kier alpha value is -2.08. The van der Waals surface area contributed by atoms with Crippen molar-refractivity contribution in [3.63, 3.8) is 0 Å². The van der Waals surface area contributed by atoms with Crippen LogP contribution in [-0.4, -0.2) is 67.3 Å². The fraction of sp³-hybridized carbons (Fsp3) is 0.364. The van der Waals surface area contributed by atoms with Crippen molar-refractivity contribution in [3.8, 4) is 0 Å². The van der Waals surface area contributed by atoms with Crippen LogP contribution in [-0.2, 0) is 11.3 Å². The molecule has 156 valence electrons. The summed E-state index contributed by atoms with van der Waals surface area (Å²) in [5.41, 5.74) is 1.46. The zero-order chi connectivity index (χ0) is 21.4. The summed E-state index contributed by atoms with van der Waals surface area (Å²) in [6.07, 6.45) is 0.830. The summed E-state index contributed by atoms with van der Waals surface area (Å²) >= 11 is 12.1. The summed E-state index contributed by atoms with van der Waals surface area (Å²) < 4.78 is 0. The molecule has 0 aliphatic heterocycles. The van der Waals surface area contributed by atoms with Gasteiger partial charge in [0.15, 0.2) is 0 Å². The molecule has 0 atom stereocenters. The quantitative estimate of drug-likeness (QED) is 0.596. The molecule has 0 aliphatic carbocycles. The maximum absolute atomic E-state index is 13.0. The van der Waals surface area contributed by atoms with Crippen LogP contribution in [0.5, 0.6) is 0 Å². The molecule has 0 radical (unpaired) electrons. The summed E-state index contributed by atoms with van der Waals surface area (Å²) in [7, 11) is 5.64. The van der Waals surface area contributed by atoms with Gasteiger partial charge in [-0.05, 0) is 56.9 Å². The summed E-state index contributed by atoms with van der Waals surface area (Å²) in [4.78, 5) is 30.8. The molecule has 29 heavy (non-hydrogen) atoms. The number of carbonyl (C=O) groups is 2. The van der Waals surface area contributed by atoms with E-state index in [-0.39, 0.29) is 18.4 Å². The average Bonchev–Trinajstić information content (AvgIpc) is 2.69. The number of benzene rings is 2. The summed E-state index contributed by atoms with van der Waals surface area (Å²) in [5.74, 6) is -0.289. The number of hydrogen-bond donors (Lipinski definition) is 0. The second kappa shape index (κ2) is 11.2. The van der Waals surface area contributed by atoms with Gasteiger partial charge in [0.25, 0.3) is 5.91 Å². The van der Waals surface area contributed by atoms with Gasteiger partial charge < -0.3 is 14.7 Å². The van der Waals surface area contributed by atoms with Crippen molar-refractivity contribution < 1.29 is 9.59 Å². The van der Waals surface area contributed by atoms with Gasteiger partial charge in [0, 0.05) is 25.7 Å². The second-order valence-corrected chi connectivity index (χ2v) is 8.06. The van der Waals surface area contributed by atoms with Crippen LogP contribution in [0.15, 0.2) is 48.5 Å². The van der Waals surface area contributed by atoms with Crippen molar-refractivity contribution >= 4 is 35.0 Å². The zero-order valence-electron chi connectivity index (χ0n) is 17.1. The SMILES string of the molecule is CN(C)CCCN(Cc1ccc(Cl)c(Cl)c1)C(=O)CN(C)C(=O)c1ccccc1. The van der Waals surface area contributed by atoms with E-state index in [2.05, 4.69) is 4.90 Å². The van der Waals surface area contributed by atoms with E-state index in [1.165, 1.54) is 4.90 Å². The largest absolute Gasteiger partial charge is 0.337 e. The molecule has 0 fully saturated rings. The van der Waals surface area contributed by atoms with Crippen LogP contribution >= 0.6 is 23.2 Å². The minimum Gasteiger partial charge on any atom is -0.337 e. The smallest absolute Gasteiger partial charge is 0.254 e. The summed E-state index contributed by atoms with van der Waals surface area (Å²) in [6.45, 7) is 1.88. The Bertz CT molecular complexity index is 828. The van der Waals surface area contributed by atoms with Crippen LogP contribution < -0.4 is 0 Å². The topological polar surface area (TPSA) is 43.9 Å². The van der Waals surface area contributed by atoms with Gasteiger partial charge in [-0.3, -0.25) is 9.59 Å². The molecule has 0 spiro atoms. The predicted molar refractivity (Wildman–Crippen MR) is 118 cm³/mol. The first-order valence-corrected chi connectivity index (χ1v) is 10.2. The lowest BCUT2D eigenvalue weighted by Gasteiger charge is -2.26. The molecule has 7 heteroatoms. The van der Waals surface area contributed by atoms with Gasteiger partial charge in [0.05, 0.1) is 16.6 Å². The third-order valence-electron chi connectivity index (χ3n) is 4.48. The van der Waals surface area contributed by atoms with E-state index in [1.54, 1.807) is 48.3 Å². The van der Waals surface area contributed by atoms with E-state index < -0.39 is 0 Å². The van der Waals surface area contributed by atoms with Gasteiger partial charge in [0.1, 0.15) is 0 Å². The summed E-state index contributed by atoms with van der Waals surface area (Å²) in [5, 5.41) is 0.940. The van der Waals surface area contributed by atoms with Crippen molar-refractivity contribution in [1.29, 1.82) is 0 Å². The third-order valence-corrected chi connectivity index (χ3v) is 5.22. The van der Waals surface area contributed by atoms with Gasteiger partial charge in [-0.1, -0.05) is 47.5 Å². The van der Waals surface area contributed by atoms with Crippen LogP contribution in [0.2, 0.25) is 10.0 Å². The van der Waals surface area contributed by atoms with E-state index in [1.807, 2.05) is 26.2 Å². The molecule has 2 aromatic carbocycles. The highest BCUT2D eigenvalue weighted by molar-refractivity contribution is 6.42. The highest BCUT2D eigenvalue weighted by atomic mass is 35.5. The standard InChI is InChI=1S/C22H27Cl2N3O2/c1-25(2)12-7-13-27(15-17-10-11-19(23)20(24)14-17)21(28)16-26(3)22(29)18-8-5-4-6-9-18/h4-6,8-11,14H,7,12-13,15-16H2,1-3H3. The molecule has 0 heterocycles. The molecule has 0 N–H and O–H groups in total. The van der Waals surface area contributed by atoms with Crippen molar-refractivity contribution in [3.05, 3.63) is 69.7 Å². The molecular formula is C22H27Cl2N3O2. The number of hydrogen-bond acceptors (Lipinski definition) is 3. The van der Waals surface area contributed by atoms with Gasteiger partial charge in [-0.25, -0.2) is 0 Å². The average molecular weight is 436 g/mol. The minimum absolute atomic E-state index is 0.0109. The number of rotatable bonds is 9. The highest BCUT2D eigenvalue weighted by Crippen LogP contribution is 2.23. The lowest BCUT2D eigenvalue weighted by molar-refractivity contribution is -0.132. The molecule has 2 rings (SSSR count). The first kappa shape index (κ1) is 23.2. The first-order valence-electron chi connectivity index (χ1n) is 9.45. The molecular weight excluding hydrogens is 409 g/mol. The third kappa shape index (κ3) is 7.35. The molecule has 2 aromatic rings. The van der Waals surface area contributed by atoms with Gasteiger partial charge >= 0.3 is 0 Å². The molecule has 0 saturated carbocycles. The lowest BCUT2D eigenvalue weighted by atomic mass is 10.2. The number of carbonyl (C=O) groups excluding carboxylic acids is 2. The molecule has 0 aliphatic rings. The Morgan fingerprint density at radius 2 is 1.59 bits per heavy atom. The zero-order valence-corrected chi connectivity index (χ0v) is 18.6. The summed E-state index contributed by atoms with van der Waals surface area (Å²) in [6, 6.07) is 14.3. The van der Waals surface area contributed by atoms with Crippen LogP contribution in [0.1, 0.15) is 22.3 Å². The normalized spacial score (nSPS) is 10.8. The lowest BCUT2D eigenvalue weighted by Crippen LogP contribution is -2.41. The van der Waals surface area contributed by atoms with E-state index in [0.29, 0.717) is 28.7 Å². The first-order chi connectivity index (χ1) is 13.8. The molecule has 0 saturated heterocycles. The maximum Gasteiger partial charge on any atom is 0.254 e. The number of nitrogens with zero attached hydrogens (tertiary/aromatic N) is 3. The van der Waals surface area contributed by atoms with Crippen LogP contribution in [0, 0.1) is 0 Å². The second-order valence-electron chi connectivity index (χ2n) is 7.25. The molecule has 0 aromatic heterocycles. The van der Waals surface area contributed by atoms with Crippen molar-refractivity contribution in [2.45, 2.75) is 13.0 Å². The number of likely N-dealkylation sites (N-methyl/N-ethyl adjacent to an activating group) is 1. The van der Waals surface area contributed by atoms with Crippen molar-refractivity contribution in [2.24, 2.45) is 0 Å². The van der Waals surface area contributed by atoms with E-state index in [4.69, 9.17) is 23.2 Å². The van der Waals surface area contributed by atoms with Gasteiger partial charge in [-0.15, -0.1) is 0 Å². The van der Waals surface area contributed by atoms with E-state index >= 15 is 0 Å². The Morgan fingerprint density at radius 1 is 0.897 bits per heavy atom. The van der Waals surface area contributed by atoms with Crippen molar-refractivity contribution in [1.82, 2.24) is 14.7 Å². The van der Waals surface area contributed by atoms with Crippen LogP contribution in [0.3, 0.4) is 0 Å². The number of halogens is 2. The maximum atomic E-state index is 13.0. The molecule has 0 bridgehead atoms. The van der Waals surface area contributed by atoms with Crippen LogP contribution in [0.25, 0.3) is 0 Å². The van der Waals surface area contributed by atoms with E-state index in [9.17, 15) is 9.59 Å². The molecule has 2 amide bonds. The molecule has 5 nitrogen and oxygen atoms in total. The Labute approximate surface area is 182 Å². The monoisotopic (exact) mass is 435 g/mol. The Balaban J connectivity index is 2.08. The minimum atomic E-state index is -0.179. The van der Waals surface area contributed by atoms with Gasteiger partial charge in [0.2, 0.25) is 5.91 Å². The van der Waals surface area contributed by atoms with Gasteiger partial charge in [-0.2, -0.15) is 0 Å². The van der Waals surface area contributed by atoms with Crippen molar-refractivity contribution in [2.75, 3.05) is 40.8 Å². The molecule has 0 unspecified atom stereocenters. The highest BCUT2D eigenvalue weighted by Gasteiger charge is 2.20. The fourth-order valence-corrected chi connectivity index (χ4v) is 3.22. The Kier molecular flexibility index (Phi) is 8.96. The van der Waals surface area contributed by atoms with E-state index in [0.717, 1.165) is 18.5 Å². The Morgan fingerprint density at radius 3 is 2.21 bits per heavy atom. The fourth-order valence-electron chi connectivity index (χ4n) is 2.90. The van der Waals surface area contributed by atoms with Crippen LogP contribution in [0.4, 0.5) is 0 Å².